The van der Waals surface area contributed by atoms with Gasteiger partial charge in [0.15, 0.2) is 0 Å². The number of allylic oxidation sites excluding steroid dienone is 1. The lowest BCUT2D eigenvalue weighted by Crippen LogP contribution is -2.58. The molecule has 1 aliphatic carbocycles. The molecule has 0 bridgehead atoms. The number of carboxylic acids is 1. The number of carbonyl (C=O) groups is 1. The molecule has 4 N–H and O–H groups in total. The van der Waals surface area contributed by atoms with Crippen LogP contribution in [0.1, 0.15) is 64.0 Å². The zero-order valence-electron chi connectivity index (χ0n) is 22.6. The Labute approximate surface area is 225 Å². The first-order valence-corrected chi connectivity index (χ1v) is 13.7. The summed E-state index contributed by atoms with van der Waals surface area (Å²) in [5.74, 6) is -1.08. The molecule has 0 spiro atoms. The minimum atomic E-state index is -1.42. The molecule has 1 fully saturated rings. The van der Waals surface area contributed by atoms with Gasteiger partial charge in [0.1, 0.15) is 5.60 Å². The van der Waals surface area contributed by atoms with Crippen LogP contribution in [0.3, 0.4) is 0 Å². The van der Waals surface area contributed by atoms with Crippen LogP contribution in [-0.2, 0) is 10.4 Å². The number of carboxylic acid groups (broad SMARTS) is 1. The summed E-state index contributed by atoms with van der Waals surface area (Å²) in [6.07, 6.45) is 6.62. The lowest BCUT2D eigenvalue weighted by atomic mass is 9.57. The quantitative estimate of drug-likeness (QED) is 0.378. The highest BCUT2D eigenvalue weighted by Gasteiger charge is 2.58. The molecule has 4 atom stereocenters. The standard InChI is InChI=1S/C32H41NO5/c1-4-13-27(34)31(30(2,3)29(36)37)20-19-25(22-28(31)35)33-21-12-11-18-26(33)32(38,23-14-7-5-8-15-23)24-16-9-6-10-17-24/h5-10,14-17,19-20,22,26-28,34-35,38H,4,11-13,18,21H2,1-3H3,(H,36,37). The molecule has 4 rings (SSSR count). The number of aliphatic hydroxyl groups excluding tert-OH is 2. The van der Waals surface area contributed by atoms with Gasteiger partial charge >= 0.3 is 5.97 Å². The van der Waals surface area contributed by atoms with Crippen molar-refractivity contribution in [1.82, 2.24) is 4.90 Å². The van der Waals surface area contributed by atoms with E-state index in [4.69, 9.17) is 0 Å². The molecule has 1 aliphatic heterocycles. The Balaban J connectivity index is 1.79. The number of aliphatic carboxylic acids is 1. The number of aliphatic hydroxyl groups is 3. The lowest BCUT2D eigenvalue weighted by molar-refractivity contribution is -0.167. The van der Waals surface area contributed by atoms with Gasteiger partial charge in [0.2, 0.25) is 0 Å². The van der Waals surface area contributed by atoms with E-state index in [0.29, 0.717) is 19.4 Å². The van der Waals surface area contributed by atoms with Gasteiger partial charge in [-0.05, 0) is 62.8 Å². The Hall–Kier alpha value is -2.93. The molecule has 1 saturated heterocycles. The number of likely N-dealkylation sites (tertiary alicyclic amines) is 1. The molecule has 0 aromatic heterocycles. The Bertz CT molecular complexity index is 1120. The smallest absolute Gasteiger partial charge is 0.310 e. The van der Waals surface area contributed by atoms with Gasteiger partial charge in [-0.15, -0.1) is 0 Å². The molecular weight excluding hydrogens is 478 g/mol. The van der Waals surface area contributed by atoms with E-state index in [-0.39, 0.29) is 6.04 Å². The van der Waals surface area contributed by atoms with Crippen LogP contribution in [0.2, 0.25) is 0 Å². The molecule has 2 aromatic carbocycles. The maximum atomic E-state index is 12.5. The van der Waals surface area contributed by atoms with E-state index in [9.17, 15) is 25.2 Å². The van der Waals surface area contributed by atoms with Crippen molar-refractivity contribution in [2.75, 3.05) is 6.54 Å². The summed E-state index contributed by atoms with van der Waals surface area (Å²) in [5, 5.41) is 45.4. The third-order valence-electron chi connectivity index (χ3n) is 8.82. The van der Waals surface area contributed by atoms with Crippen molar-refractivity contribution in [3.8, 4) is 0 Å². The first kappa shape index (κ1) is 28.1. The van der Waals surface area contributed by atoms with Crippen LogP contribution in [0.4, 0.5) is 0 Å². The van der Waals surface area contributed by atoms with Crippen LogP contribution in [0.5, 0.6) is 0 Å². The first-order valence-electron chi connectivity index (χ1n) is 13.7. The highest BCUT2D eigenvalue weighted by molar-refractivity contribution is 5.76. The average molecular weight is 520 g/mol. The van der Waals surface area contributed by atoms with E-state index >= 15 is 0 Å². The molecule has 0 radical (unpaired) electrons. The summed E-state index contributed by atoms with van der Waals surface area (Å²) in [7, 11) is 0. The Kier molecular flexibility index (Phi) is 8.17. The molecule has 0 amide bonds. The zero-order chi connectivity index (χ0) is 27.6. The van der Waals surface area contributed by atoms with Crippen LogP contribution in [-0.4, -0.2) is 56.1 Å². The first-order chi connectivity index (χ1) is 18.1. The second-order valence-electron chi connectivity index (χ2n) is 11.2. The molecule has 6 nitrogen and oxygen atoms in total. The number of nitrogens with zero attached hydrogens (tertiary/aromatic N) is 1. The molecule has 6 heteroatoms. The summed E-state index contributed by atoms with van der Waals surface area (Å²) in [6.45, 7) is 5.74. The van der Waals surface area contributed by atoms with Crippen molar-refractivity contribution < 1.29 is 25.2 Å². The van der Waals surface area contributed by atoms with E-state index in [1.54, 1.807) is 26.0 Å². The maximum Gasteiger partial charge on any atom is 0.310 e. The van der Waals surface area contributed by atoms with Gasteiger partial charge in [-0.2, -0.15) is 0 Å². The molecular formula is C32H41NO5. The fourth-order valence-electron chi connectivity index (χ4n) is 6.48. The average Bonchev–Trinajstić information content (AvgIpc) is 2.93. The van der Waals surface area contributed by atoms with Gasteiger partial charge in [-0.3, -0.25) is 4.79 Å². The third-order valence-corrected chi connectivity index (χ3v) is 8.82. The Morgan fingerprint density at radius 1 is 1.05 bits per heavy atom. The SMILES string of the molecule is CCCC(O)C1(C(C)(C)C(=O)O)C=CC(N2CCCCC2C(O)(c2ccccc2)c2ccccc2)=CC1O. The van der Waals surface area contributed by atoms with Crippen molar-refractivity contribution in [2.24, 2.45) is 10.8 Å². The van der Waals surface area contributed by atoms with Crippen molar-refractivity contribution in [2.45, 2.75) is 76.7 Å². The topological polar surface area (TPSA) is 101 Å². The van der Waals surface area contributed by atoms with Crippen molar-refractivity contribution in [3.63, 3.8) is 0 Å². The van der Waals surface area contributed by atoms with Crippen LogP contribution in [0.25, 0.3) is 0 Å². The Morgan fingerprint density at radius 3 is 2.13 bits per heavy atom. The minimum absolute atomic E-state index is 0.315. The predicted molar refractivity (Wildman–Crippen MR) is 148 cm³/mol. The summed E-state index contributed by atoms with van der Waals surface area (Å²) < 4.78 is 0. The molecule has 38 heavy (non-hydrogen) atoms. The molecule has 2 aromatic rings. The number of hydrogen-bond acceptors (Lipinski definition) is 5. The summed E-state index contributed by atoms with van der Waals surface area (Å²) in [6, 6.07) is 19.0. The van der Waals surface area contributed by atoms with E-state index < -0.39 is 34.6 Å². The maximum absolute atomic E-state index is 12.5. The van der Waals surface area contributed by atoms with E-state index in [1.807, 2.05) is 73.7 Å². The molecule has 2 aliphatic rings. The van der Waals surface area contributed by atoms with Crippen molar-refractivity contribution >= 4 is 5.97 Å². The fourth-order valence-corrected chi connectivity index (χ4v) is 6.48. The molecule has 1 heterocycles. The minimum Gasteiger partial charge on any atom is -0.481 e. The molecule has 0 saturated carbocycles. The monoisotopic (exact) mass is 519 g/mol. The van der Waals surface area contributed by atoms with E-state index in [1.165, 1.54) is 0 Å². The van der Waals surface area contributed by atoms with Crippen LogP contribution >= 0.6 is 0 Å². The third kappa shape index (κ3) is 4.59. The summed E-state index contributed by atoms with van der Waals surface area (Å²) in [4.78, 5) is 14.5. The van der Waals surface area contributed by atoms with E-state index in [0.717, 1.165) is 36.1 Å². The van der Waals surface area contributed by atoms with Gasteiger partial charge in [-0.25, -0.2) is 0 Å². The molecule has 4 unspecified atom stereocenters. The van der Waals surface area contributed by atoms with Crippen LogP contribution in [0, 0.1) is 10.8 Å². The Morgan fingerprint density at radius 2 is 1.63 bits per heavy atom. The van der Waals surface area contributed by atoms with Gasteiger partial charge in [0.25, 0.3) is 0 Å². The second kappa shape index (κ2) is 11.0. The highest BCUT2D eigenvalue weighted by atomic mass is 16.4. The van der Waals surface area contributed by atoms with Gasteiger partial charge in [0.05, 0.1) is 29.1 Å². The van der Waals surface area contributed by atoms with Crippen molar-refractivity contribution in [3.05, 3.63) is 95.7 Å². The molecule has 204 valence electrons. The number of rotatable bonds is 9. The second-order valence-corrected chi connectivity index (χ2v) is 11.2. The van der Waals surface area contributed by atoms with Crippen LogP contribution in [0.15, 0.2) is 84.6 Å². The predicted octanol–water partition coefficient (Wildman–Crippen LogP) is 4.85. The lowest BCUT2D eigenvalue weighted by Gasteiger charge is -2.52. The normalized spacial score (nSPS) is 25.1. The summed E-state index contributed by atoms with van der Waals surface area (Å²) in [5.41, 5.74) is -1.80. The number of piperidine rings is 1. The van der Waals surface area contributed by atoms with Gasteiger partial charge in [0, 0.05) is 12.2 Å². The van der Waals surface area contributed by atoms with Crippen LogP contribution < -0.4 is 0 Å². The highest BCUT2D eigenvalue weighted by Crippen LogP contribution is 2.51. The largest absolute Gasteiger partial charge is 0.481 e. The van der Waals surface area contributed by atoms with E-state index in [2.05, 4.69) is 4.90 Å². The summed E-state index contributed by atoms with van der Waals surface area (Å²) >= 11 is 0. The number of benzene rings is 2. The number of hydrogen-bond donors (Lipinski definition) is 4. The van der Waals surface area contributed by atoms with Crippen molar-refractivity contribution in [1.29, 1.82) is 0 Å². The zero-order valence-corrected chi connectivity index (χ0v) is 22.6. The van der Waals surface area contributed by atoms with Gasteiger partial charge in [-0.1, -0.05) is 80.1 Å². The van der Waals surface area contributed by atoms with Gasteiger partial charge < -0.3 is 25.3 Å². The fraction of sp³-hybridized carbons (Fsp3) is 0.469.